The Kier molecular flexibility index (Phi) is 6.09. The van der Waals surface area contributed by atoms with Crippen molar-refractivity contribution in [1.29, 1.82) is 5.26 Å². The largest absolute Gasteiger partial charge is 0.445 e. The van der Waals surface area contributed by atoms with E-state index >= 15 is 0 Å². The first kappa shape index (κ1) is 18.5. The summed E-state index contributed by atoms with van der Waals surface area (Å²) in [5, 5.41) is 12.4. The van der Waals surface area contributed by atoms with E-state index in [2.05, 4.69) is 11.4 Å². The van der Waals surface area contributed by atoms with E-state index in [1.165, 1.54) is 0 Å². The molecule has 1 unspecified atom stereocenters. The fraction of sp³-hybridized carbons (Fsp3) is 0.0909. The minimum Gasteiger partial charge on any atom is -0.445 e. The number of carbonyl (C=O) groups is 1. The number of alkyl carbamates (subject to hydrolysis) is 1. The number of halogens is 1. The number of amides is 1. The molecule has 0 saturated heterocycles. The van der Waals surface area contributed by atoms with Crippen LogP contribution in [-0.2, 0) is 11.3 Å². The summed E-state index contributed by atoms with van der Waals surface area (Å²) in [6.07, 6.45) is -0.534. The Morgan fingerprint density at radius 3 is 2.41 bits per heavy atom. The van der Waals surface area contributed by atoms with Gasteiger partial charge in [-0.1, -0.05) is 66.2 Å². The lowest BCUT2D eigenvalue weighted by Gasteiger charge is -2.20. The van der Waals surface area contributed by atoms with Gasteiger partial charge in [0.2, 0.25) is 0 Å². The summed E-state index contributed by atoms with van der Waals surface area (Å²) < 4.78 is 5.34. The van der Waals surface area contributed by atoms with Crippen LogP contribution in [0, 0.1) is 11.3 Å². The molecule has 0 aliphatic carbocycles. The van der Waals surface area contributed by atoms with Crippen LogP contribution in [-0.4, -0.2) is 6.09 Å². The molecule has 3 aromatic rings. The number of ether oxygens (including phenoxy) is 1. The van der Waals surface area contributed by atoms with Crippen molar-refractivity contribution in [2.45, 2.75) is 12.6 Å². The highest BCUT2D eigenvalue weighted by Gasteiger charge is 2.18. The van der Waals surface area contributed by atoms with Crippen molar-refractivity contribution in [2.24, 2.45) is 0 Å². The number of hydrogen-bond acceptors (Lipinski definition) is 3. The second kappa shape index (κ2) is 8.88. The first-order valence-electron chi connectivity index (χ1n) is 8.38. The Balaban J connectivity index is 1.79. The molecule has 3 aromatic carbocycles. The van der Waals surface area contributed by atoms with Gasteiger partial charge in [0.05, 0.1) is 17.7 Å². The molecule has 0 spiro atoms. The van der Waals surface area contributed by atoms with Gasteiger partial charge in [-0.15, -0.1) is 0 Å². The average molecular weight is 377 g/mol. The predicted octanol–water partition coefficient (Wildman–Crippen LogP) is 5.23. The minimum absolute atomic E-state index is 0.183. The van der Waals surface area contributed by atoms with E-state index in [-0.39, 0.29) is 6.61 Å². The van der Waals surface area contributed by atoms with E-state index in [9.17, 15) is 4.79 Å². The average Bonchev–Trinajstić information content (AvgIpc) is 2.71. The molecule has 0 fully saturated rings. The molecule has 0 bridgehead atoms. The number of nitrogens with one attached hydrogen (secondary N) is 1. The van der Waals surface area contributed by atoms with Gasteiger partial charge in [-0.05, 0) is 41.0 Å². The highest BCUT2D eigenvalue weighted by molar-refractivity contribution is 6.30. The van der Waals surface area contributed by atoms with Crippen molar-refractivity contribution in [3.05, 3.63) is 106 Å². The topological polar surface area (TPSA) is 62.1 Å². The van der Waals surface area contributed by atoms with Crippen LogP contribution in [0.3, 0.4) is 0 Å². The van der Waals surface area contributed by atoms with E-state index < -0.39 is 12.1 Å². The smallest absolute Gasteiger partial charge is 0.408 e. The number of rotatable bonds is 5. The van der Waals surface area contributed by atoms with Crippen LogP contribution in [0.2, 0.25) is 5.02 Å². The maximum absolute atomic E-state index is 12.4. The number of benzene rings is 3. The summed E-state index contributed by atoms with van der Waals surface area (Å²) in [5.74, 6) is 0. The van der Waals surface area contributed by atoms with E-state index in [1.54, 1.807) is 24.3 Å². The zero-order chi connectivity index (χ0) is 19.1. The third kappa shape index (κ3) is 5.10. The van der Waals surface area contributed by atoms with Gasteiger partial charge in [-0.25, -0.2) is 4.79 Å². The number of nitrogens with zero attached hydrogens (tertiary/aromatic N) is 1. The fourth-order valence-electron chi connectivity index (χ4n) is 2.68. The highest BCUT2D eigenvalue weighted by atomic mass is 35.5. The van der Waals surface area contributed by atoms with Gasteiger partial charge in [0.15, 0.2) is 0 Å². The van der Waals surface area contributed by atoms with E-state index in [0.717, 1.165) is 16.7 Å². The van der Waals surface area contributed by atoms with Crippen LogP contribution < -0.4 is 5.32 Å². The van der Waals surface area contributed by atoms with E-state index in [0.29, 0.717) is 10.6 Å². The van der Waals surface area contributed by atoms with Crippen molar-refractivity contribution < 1.29 is 9.53 Å². The Labute approximate surface area is 163 Å². The molecule has 134 valence electrons. The Bertz CT molecular complexity index is 950. The molecule has 1 atom stereocenters. The van der Waals surface area contributed by atoms with E-state index in [4.69, 9.17) is 21.6 Å². The Morgan fingerprint density at radius 2 is 1.74 bits per heavy atom. The molecule has 1 amide bonds. The van der Waals surface area contributed by atoms with Gasteiger partial charge >= 0.3 is 6.09 Å². The standard InChI is InChI=1S/C22H17ClN2O2/c23-20-8-4-7-19(13-20)21(18-11-9-16(14-24)10-12-18)25-22(26)27-15-17-5-2-1-3-6-17/h1-13,21H,15H2,(H,25,26). The molecule has 27 heavy (non-hydrogen) atoms. The summed E-state index contributed by atoms with van der Waals surface area (Å²) >= 11 is 6.11. The predicted molar refractivity (Wildman–Crippen MR) is 104 cm³/mol. The molecule has 1 N–H and O–H groups in total. The summed E-state index contributed by atoms with van der Waals surface area (Å²) in [6, 6.07) is 25.4. The summed E-state index contributed by atoms with van der Waals surface area (Å²) in [5.41, 5.74) is 3.11. The van der Waals surface area contributed by atoms with Crippen molar-refractivity contribution >= 4 is 17.7 Å². The number of nitriles is 1. The third-order valence-electron chi connectivity index (χ3n) is 4.03. The number of carbonyl (C=O) groups excluding carboxylic acids is 1. The molecule has 0 radical (unpaired) electrons. The zero-order valence-corrected chi connectivity index (χ0v) is 15.2. The van der Waals surface area contributed by atoms with Crippen molar-refractivity contribution in [2.75, 3.05) is 0 Å². The van der Waals surface area contributed by atoms with Gasteiger partial charge in [0.25, 0.3) is 0 Å². The monoisotopic (exact) mass is 376 g/mol. The maximum Gasteiger partial charge on any atom is 0.408 e. The molecule has 0 aliphatic rings. The maximum atomic E-state index is 12.4. The first-order chi connectivity index (χ1) is 13.2. The van der Waals surface area contributed by atoms with Gasteiger partial charge in [0, 0.05) is 5.02 Å². The molecule has 4 nitrogen and oxygen atoms in total. The molecule has 5 heteroatoms. The Hall–Kier alpha value is -3.29. The van der Waals surface area contributed by atoms with Gasteiger partial charge in [-0.2, -0.15) is 5.26 Å². The Morgan fingerprint density at radius 1 is 1.00 bits per heavy atom. The minimum atomic E-state index is -0.534. The molecule has 0 aliphatic heterocycles. The van der Waals surface area contributed by atoms with Crippen LogP contribution in [0.5, 0.6) is 0 Å². The lowest BCUT2D eigenvalue weighted by molar-refractivity contribution is 0.137. The molecule has 0 saturated carbocycles. The first-order valence-corrected chi connectivity index (χ1v) is 8.76. The van der Waals surface area contributed by atoms with Crippen LogP contribution in [0.1, 0.15) is 28.3 Å². The van der Waals surface area contributed by atoms with Crippen molar-refractivity contribution in [1.82, 2.24) is 5.32 Å². The fourth-order valence-corrected chi connectivity index (χ4v) is 2.88. The normalized spacial score (nSPS) is 11.3. The second-order valence-electron chi connectivity index (χ2n) is 5.93. The molecule has 0 aromatic heterocycles. The van der Waals surface area contributed by atoms with Crippen LogP contribution in [0.15, 0.2) is 78.9 Å². The van der Waals surface area contributed by atoms with Crippen molar-refractivity contribution in [3.63, 3.8) is 0 Å². The SMILES string of the molecule is N#Cc1ccc(C(NC(=O)OCc2ccccc2)c2cccc(Cl)c2)cc1. The number of hydrogen-bond donors (Lipinski definition) is 1. The molecular formula is C22H17ClN2O2. The summed E-state index contributed by atoms with van der Waals surface area (Å²) in [6.45, 7) is 0.183. The van der Waals surface area contributed by atoms with Crippen LogP contribution in [0.25, 0.3) is 0 Å². The third-order valence-corrected chi connectivity index (χ3v) is 4.27. The molecular weight excluding hydrogens is 360 g/mol. The molecule has 0 heterocycles. The quantitative estimate of drug-likeness (QED) is 0.663. The summed E-state index contributed by atoms with van der Waals surface area (Å²) in [4.78, 5) is 12.4. The van der Waals surface area contributed by atoms with Crippen LogP contribution in [0.4, 0.5) is 4.79 Å². The van der Waals surface area contributed by atoms with Gasteiger partial charge in [-0.3, -0.25) is 0 Å². The second-order valence-corrected chi connectivity index (χ2v) is 6.36. The lowest BCUT2D eigenvalue weighted by Crippen LogP contribution is -2.29. The zero-order valence-electron chi connectivity index (χ0n) is 14.4. The van der Waals surface area contributed by atoms with Gasteiger partial charge < -0.3 is 10.1 Å². The van der Waals surface area contributed by atoms with Crippen LogP contribution >= 0.6 is 11.6 Å². The van der Waals surface area contributed by atoms with Crippen molar-refractivity contribution in [3.8, 4) is 6.07 Å². The highest BCUT2D eigenvalue weighted by Crippen LogP contribution is 2.25. The van der Waals surface area contributed by atoms with Gasteiger partial charge in [0.1, 0.15) is 6.61 Å². The lowest BCUT2D eigenvalue weighted by atomic mass is 9.98. The summed E-state index contributed by atoms with van der Waals surface area (Å²) in [7, 11) is 0. The molecule has 3 rings (SSSR count). The van der Waals surface area contributed by atoms with E-state index in [1.807, 2.05) is 54.6 Å².